The Hall–Kier alpha value is 0.1000. The largest absolute Gasteiger partial charge is 0.442 e. The van der Waals surface area contributed by atoms with Crippen LogP contribution in [-0.2, 0) is 0 Å². The van der Waals surface area contributed by atoms with Crippen LogP contribution in [0.15, 0.2) is 0 Å². The number of nitrogens with one attached hydrogen (secondary N) is 1. The van der Waals surface area contributed by atoms with E-state index in [-0.39, 0.29) is 29.0 Å². The Balaban J connectivity index is 1.89. The summed E-state index contributed by atoms with van der Waals surface area (Å²) in [6.45, 7) is 0.776. The summed E-state index contributed by atoms with van der Waals surface area (Å²) in [4.78, 5) is 0. The first kappa shape index (κ1) is 7.73. The van der Waals surface area contributed by atoms with Gasteiger partial charge in [0.1, 0.15) is 0 Å². The van der Waals surface area contributed by atoms with Crippen LogP contribution in [0, 0.1) is 5.92 Å². The molecule has 0 aromatic heterocycles. The molecule has 64 valence electrons. The second kappa shape index (κ2) is 2.29. The molecule has 2 bridgehead atoms. The van der Waals surface area contributed by atoms with Crippen LogP contribution in [0.2, 0.25) is 0 Å². The Kier molecular flexibility index (Phi) is 1.61. The molecule has 1 nitrogen and oxygen atoms in total. The smallest absolute Gasteiger partial charge is 0.313 e. The fourth-order valence-electron chi connectivity index (χ4n) is 1.76. The average molecular weight is 183 g/mol. The van der Waals surface area contributed by atoms with Crippen LogP contribution in [0.4, 0.5) is 13.2 Å². The standard InChI is InChI=1S/C6H8F3NS/c7-6(8,9)11-5-3-1-4(5)10-2-3/h3-5,10H,1-2H2/t3?,4?,5-/m0/s1. The predicted octanol–water partition coefficient (Wildman–Crippen LogP) is 1.60. The van der Waals surface area contributed by atoms with Gasteiger partial charge < -0.3 is 5.32 Å². The fourth-order valence-corrected chi connectivity index (χ4v) is 2.84. The third-order valence-corrected chi connectivity index (χ3v) is 3.58. The summed E-state index contributed by atoms with van der Waals surface area (Å²) in [7, 11) is 0. The monoisotopic (exact) mass is 183 g/mol. The lowest BCUT2D eigenvalue weighted by Gasteiger charge is -2.33. The zero-order valence-electron chi connectivity index (χ0n) is 5.69. The van der Waals surface area contributed by atoms with Crippen LogP contribution in [0.1, 0.15) is 6.42 Å². The third kappa shape index (κ3) is 1.36. The molecule has 1 saturated carbocycles. The predicted molar refractivity (Wildman–Crippen MR) is 37.3 cm³/mol. The highest BCUT2D eigenvalue weighted by atomic mass is 32.2. The highest BCUT2D eigenvalue weighted by molar-refractivity contribution is 8.00. The van der Waals surface area contributed by atoms with Gasteiger partial charge in [-0.2, -0.15) is 13.2 Å². The zero-order valence-corrected chi connectivity index (χ0v) is 6.50. The fraction of sp³-hybridized carbons (Fsp3) is 1.00. The summed E-state index contributed by atoms with van der Waals surface area (Å²) < 4.78 is 35.5. The van der Waals surface area contributed by atoms with Gasteiger partial charge >= 0.3 is 5.51 Å². The van der Waals surface area contributed by atoms with Crippen LogP contribution in [0.5, 0.6) is 0 Å². The summed E-state index contributed by atoms with van der Waals surface area (Å²) in [5, 5.41) is 2.85. The van der Waals surface area contributed by atoms with Crippen molar-refractivity contribution in [3.8, 4) is 0 Å². The van der Waals surface area contributed by atoms with E-state index in [1.807, 2.05) is 0 Å². The summed E-state index contributed by atoms with van der Waals surface area (Å²) in [6.07, 6.45) is 0.938. The number of halogens is 3. The Morgan fingerprint density at radius 1 is 1.36 bits per heavy atom. The van der Waals surface area contributed by atoms with Crippen molar-refractivity contribution in [1.82, 2.24) is 5.32 Å². The Morgan fingerprint density at radius 2 is 2.09 bits per heavy atom. The van der Waals surface area contributed by atoms with Gasteiger partial charge in [-0.1, -0.05) is 0 Å². The molecular formula is C6H8F3NS. The first-order valence-corrected chi connectivity index (χ1v) is 4.42. The molecule has 2 unspecified atom stereocenters. The Morgan fingerprint density at radius 3 is 2.45 bits per heavy atom. The summed E-state index contributed by atoms with van der Waals surface area (Å²) in [5.74, 6) is 0.270. The van der Waals surface area contributed by atoms with Crippen molar-refractivity contribution < 1.29 is 13.2 Å². The lowest BCUT2D eigenvalue weighted by atomic mass is 9.86. The van der Waals surface area contributed by atoms with E-state index in [2.05, 4.69) is 5.32 Å². The van der Waals surface area contributed by atoms with Gasteiger partial charge in [0.2, 0.25) is 0 Å². The Labute approximate surface area is 66.7 Å². The maximum absolute atomic E-state index is 11.8. The van der Waals surface area contributed by atoms with Gasteiger partial charge in [0.25, 0.3) is 0 Å². The van der Waals surface area contributed by atoms with Gasteiger partial charge in [-0.3, -0.25) is 0 Å². The SMILES string of the molecule is FC(F)(F)S[C@H]1C2CNC1C2. The third-order valence-electron chi connectivity index (χ3n) is 2.33. The van der Waals surface area contributed by atoms with E-state index in [4.69, 9.17) is 0 Å². The molecule has 1 aliphatic carbocycles. The number of thioether (sulfide) groups is 1. The molecule has 3 atom stereocenters. The van der Waals surface area contributed by atoms with Crippen molar-refractivity contribution in [1.29, 1.82) is 0 Å². The molecule has 0 radical (unpaired) electrons. The molecule has 1 N–H and O–H groups in total. The van der Waals surface area contributed by atoms with Gasteiger partial charge in [-0.25, -0.2) is 0 Å². The number of fused-ring (bicyclic) bond motifs is 1. The van der Waals surface area contributed by atoms with Crippen molar-refractivity contribution >= 4 is 11.8 Å². The Bertz CT molecular complexity index is 156. The van der Waals surface area contributed by atoms with E-state index >= 15 is 0 Å². The normalized spacial score (nSPS) is 42.3. The molecule has 11 heavy (non-hydrogen) atoms. The molecule has 3 aliphatic rings. The molecule has 5 heteroatoms. The zero-order chi connectivity index (χ0) is 8.06. The second-order valence-corrected chi connectivity index (χ2v) is 4.28. The maximum Gasteiger partial charge on any atom is 0.442 e. The highest BCUT2D eigenvalue weighted by Crippen LogP contribution is 2.48. The highest BCUT2D eigenvalue weighted by Gasteiger charge is 2.51. The van der Waals surface area contributed by atoms with Crippen LogP contribution in [0.25, 0.3) is 0 Å². The lowest BCUT2D eigenvalue weighted by molar-refractivity contribution is -0.0343. The van der Waals surface area contributed by atoms with Gasteiger partial charge in [0.05, 0.1) is 0 Å². The molecule has 2 saturated heterocycles. The first-order chi connectivity index (χ1) is 5.06. The topological polar surface area (TPSA) is 12.0 Å². The number of hydrogen-bond donors (Lipinski definition) is 1. The molecule has 0 amide bonds. The first-order valence-electron chi connectivity index (χ1n) is 3.54. The van der Waals surface area contributed by atoms with Crippen LogP contribution >= 0.6 is 11.8 Å². The maximum atomic E-state index is 11.8. The van der Waals surface area contributed by atoms with Crippen LogP contribution < -0.4 is 5.32 Å². The minimum atomic E-state index is -4.05. The van der Waals surface area contributed by atoms with Gasteiger partial charge in [-0.05, 0) is 30.6 Å². The van der Waals surface area contributed by atoms with Crippen molar-refractivity contribution in [2.75, 3.05) is 6.54 Å². The lowest BCUT2D eigenvalue weighted by Crippen LogP contribution is -2.41. The van der Waals surface area contributed by atoms with Gasteiger partial charge in [-0.15, -0.1) is 0 Å². The molecule has 2 heterocycles. The summed E-state index contributed by atoms with van der Waals surface area (Å²) >= 11 is 0.160. The molecule has 2 aliphatic heterocycles. The average Bonchev–Trinajstić information content (AvgIpc) is 2.37. The van der Waals surface area contributed by atoms with Crippen molar-refractivity contribution in [2.45, 2.75) is 23.2 Å². The van der Waals surface area contributed by atoms with E-state index in [0.717, 1.165) is 13.0 Å². The number of hydrogen-bond acceptors (Lipinski definition) is 2. The van der Waals surface area contributed by atoms with Crippen molar-refractivity contribution in [3.05, 3.63) is 0 Å². The molecule has 3 rings (SSSR count). The van der Waals surface area contributed by atoms with Crippen molar-refractivity contribution in [3.63, 3.8) is 0 Å². The van der Waals surface area contributed by atoms with Crippen LogP contribution in [0.3, 0.4) is 0 Å². The number of rotatable bonds is 1. The van der Waals surface area contributed by atoms with E-state index < -0.39 is 5.51 Å². The molecule has 0 spiro atoms. The minimum absolute atomic E-state index is 0.131. The molecule has 0 aromatic carbocycles. The quantitative estimate of drug-likeness (QED) is 0.662. The van der Waals surface area contributed by atoms with Crippen molar-refractivity contribution in [2.24, 2.45) is 5.92 Å². The van der Waals surface area contributed by atoms with Crippen LogP contribution in [-0.4, -0.2) is 23.3 Å². The number of alkyl halides is 3. The van der Waals surface area contributed by atoms with E-state index in [1.165, 1.54) is 0 Å². The van der Waals surface area contributed by atoms with Gasteiger partial charge in [0.15, 0.2) is 0 Å². The summed E-state index contributed by atoms with van der Waals surface area (Å²) in [5.41, 5.74) is -4.05. The van der Waals surface area contributed by atoms with E-state index in [9.17, 15) is 13.2 Å². The second-order valence-electron chi connectivity index (χ2n) is 3.04. The molecular weight excluding hydrogens is 175 g/mol. The molecule has 3 fully saturated rings. The summed E-state index contributed by atoms with van der Waals surface area (Å²) in [6, 6.07) is 0.131. The molecule has 0 aromatic rings. The minimum Gasteiger partial charge on any atom is -0.313 e. The van der Waals surface area contributed by atoms with E-state index in [0.29, 0.717) is 0 Å². The van der Waals surface area contributed by atoms with Gasteiger partial charge in [0, 0.05) is 11.3 Å². The van der Waals surface area contributed by atoms with E-state index in [1.54, 1.807) is 0 Å².